The van der Waals surface area contributed by atoms with Crippen LogP contribution in [0.25, 0.3) is 0 Å². The Morgan fingerprint density at radius 2 is 1.18 bits per heavy atom. The maximum Gasteiger partial charge on any atom is -0.00490 e. The van der Waals surface area contributed by atoms with E-state index in [0.717, 1.165) is 12.5 Å². The van der Waals surface area contributed by atoms with E-state index in [0.29, 0.717) is 5.92 Å². The minimum Gasteiger partial charge on any atom is -0.330 e. The number of unbranched alkanes of at least 4 members (excludes halogenated alkanes) is 8. The van der Waals surface area contributed by atoms with Crippen molar-refractivity contribution in [2.45, 2.75) is 85.0 Å². The van der Waals surface area contributed by atoms with Crippen molar-refractivity contribution in [3.05, 3.63) is 0 Å². The summed E-state index contributed by atoms with van der Waals surface area (Å²) in [6, 6.07) is 0. The summed E-state index contributed by atoms with van der Waals surface area (Å²) in [5.41, 5.74) is 5.68. The molecule has 2 atom stereocenters. The molecule has 0 fully saturated rings. The minimum absolute atomic E-state index is 0.698. The van der Waals surface area contributed by atoms with E-state index in [1.54, 1.807) is 0 Å². The molecule has 0 aliphatic carbocycles. The molecule has 2 unspecified atom stereocenters. The lowest BCUT2D eigenvalue weighted by Crippen LogP contribution is -2.18. The van der Waals surface area contributed by atoms with E-state index in [-0.39, 0.29) is 0 Å². The predicted molar refractivity (Wildman–Crippen MR) is 79.2 cm³/mol. The summed E-state index contributed by atoms with van der Waals surface area (Å²) >= 11 is 0. The minimum atomic E-state index is 0.698. The molecule has 0 spiro atoms. The number of nitrogens with two attached hydrogens (primary N) is 1. The van der Waals surface area contributed by atoms with Crippen molar-refractivity contribution < 1.29 is 0 Å². The maximum absolute atomic E-state index is 5.68. The highest BCUT2D eigenvalue weighted by Gasteiger charge is 2.09. The third-order valence-electron chi connectivity index (χ3n) is 4.11. The fraction of sp³-hybridized carbons (Fsp3) is 1.00. The lowest BCUT2D eigenvalue weighted by molar-refractivity contribution is 0.357. The highest BCUT2D eigenvalue weighted by atomic mass is 14.5. The van der Waals surface area contributed by atoms with E-state index in [1.165, 1.54) is 64.2 Å². The van der Waals surface area contributed by atoms with Crippen LogP contribution in [0.15, 0.2) is 0 Å². The zero-order chi connectivity index (χ0) is 12.9. The van der Waals surface area contributed by atoms with Crippen molar-refractivity contribution in [1.82, 2.24) is 0 Å². The SMILES string of the molecule is CCCCCCCCCCCC(C)C(C)CN. The van der Waals surface area contributed by atoms with E-state index in [4.69, 9.17) is 5.73 Å². The van der Waals surface area contributed by atoms with E-state index < -0.39 is 0 Å². The first kappa shape index (κ1) is 17.0. The first-order chi connectivity index (χ1) is 8.22. The summed E-state index contributed by atoms with van der Waals surface area (Å²) in [5, 5.41) is 0. The van der Waals surface area contributed by atoms with Gasteiger partial charge < -0.3 is 5.73 Å². The molecule has 2 N–H and O–H groups in total. The summed E-state index contributed by atoms with van der Waals surface area (Å²) in [4.78, 5) is 0. The second-order valence-corrected chi connectivity index (χ2v) is 5.81. The van der Waals surface area contributed by atoms with Gasteiger partial charge in [0, 0.05) is 0 Å². The first-order valence-electron chi connectivity index (χ1n) is 7.92. The Bertz CT molecular complexity index is 144. The first-order valence-corrected chi connectivity index (χ1v) is 7.92. The Morgan fingerprint density at radius 1 is 0.706 bits per heavy atom. The van der Waals surface area contributed by atoms with Crippen LogP contribution in [-0.2, 0) is 0 Å². The van der Waals surface area contributed by atoms with Crippen LogP contribution in [0.4, 0.5) is 0 Å². The molecule has 0 saturated heterocycles. The van der Waals surface area contributed by atoms with Crippen molar-refractivity contribution in [3.63, 3.8) is 0 Å². The predicted octanol–water partition coefficient (Wildman–Crippen LogP) is 5.14. The van der Waals surface area contributed by atoms with Gasteiger partial charge in [-0.05, 0) is 18.4 Å². The molecule has 1 heteroatoms. The zero-order valence-electron chi connectivity index (χ0n) is 12.5. The van der Waals surface area contributed by atoms with E-state index >= 15 is 0 Å². The molecule has 0 aromatic rings. The third-order valence-corrected chi connectivity index (χ3v) is 4.11. The molecular weight excluding hydrogens is 206 g/mol. The highest BCUT2D eigenvalue weighted by Crippen LogP contribution is 2.18. The second kappa shape index (κ2) is 12.4. The lowest BCUT2D eigenvalue weighted by atomic mass is 9.90. The highest BCUT2D eigenvalue weighted by molar-refractivity contribution is 4.62. The van der Waals surface area contributed by atoms with Crippen LogP contribution < -0.4 is 5.73 Å². The molecule has 0 rings (SSSR count). The molecule has 0 saturated carbocycles. The second-order valence-electron chi connectivity index (χ2n) is 5.81. The van der Waals surface area contributed by atoms with Crippen molar-refractivity contribution in [2.75, 3.05) is 6.54 Å². The largest absolute Gasteiger partial charge is 0.330 e. The van der Waals surface area contributed by atoms with E-state index in [1.807, 2.05) is 0 Å². The number of rotatable bonds is 12. The van der Waals surface area contributed by atoms with Crippen LogP contribution in [-0.4, -0.2) is 6.54 Å². The van der Waals surface area contributed by atoms with Gasteiger partial charge >= 0.3 is 0 Å². The maximum atomic E-state index is 5.68. The normalized spacial score (nSPS) is 14.8. The van der Waals surface area contributed by atoms with Crippen LogP contribution in [0, 0.1) is 11.8 Å². The molecule has 0 radical (unpaired) electrons. The third kappa shape index (κ3) is 10.8. The van der Waals surface area contributed by atoms with E-state index in [9.17, 15) is 0 Å². The van der Waals surface area contributed by atoms with Crippen LogP contribution in [0.5, 0.6) is 0 Å². The average Bonchev–Trinajstić information content (AvgIpc) is 2.35. The van der Waals surface area contributed by atoms with Crippen LogP contribution in [0.2, 0.25) is 0 Å². The van der Waals surface area contributed by atoms with Gasteiger partial charge in [0.15, 0.2) is 0 Å². The molecule has 0 bridgehead atoms. The van der Waals surface area contributed by atoms with Gasteiger partial charge in [-0.15, -0.1) is 0 Å². The van der Waals surface area contributed by atoms with Gasteiger partial charge in [-0.3, -0.25) is 0 Å². The molecule has 17 heavy (non-hydrogen) atoms. The van der Waals surface area contributed by atoms with Crippen molar-refractivity contribution >= 4 is 0 Å². The molecule has 0 aliphatic rings. The Morgan fingerprint density at radius 3 is 1.65 bits per heavy atom. The van der Waals surface area contributed by atoms with Crippen LogP contribution >= 0.6 is 0 Å². The monoisotopic (exact) mass is 241 g/mol. The molecule has 0 amide bonds. The Hall–Kier alpha value is -0.0400. The summed E-state index contributed by atoms with van der Waals surface area (Å²) in [5.74, 6) is 1.51. The van der Waals surface area contributed by atoms with Gasteiger partial charge in [0.1, 0.15) is 0 Å². The van der Waals surface area contributed by atoms with Gasteiger partial charge in [-0.1, -0.05) is 85.0 Å². The number of hydrogen-bond acceptors (Lipinski definition) is 1. The van der Waals surface area contributed by atoms with Crippen LogP contribution in [0.1, 0.15) is 85.0 Å². The topological polar surface area (TPSA) is 26.0 Å². The molecule has 104 valence electrons. The van der Waals surface area contributed by atoms with Crippen molar-refractivity contribution in [3.8, 4) is 0 Å². The Kier molecular flexibility index (Phi) is 12.4. The summed E-state index contributed by atoms with van der Waals surface area (Å²) in [6.07, 6.45) is 14.2. The molecule has 0 heterocycles. The Labute approximate surface area is 110 Å². The van der Waals surface area contributed by atoms with Gasteiger partial charge in [0.05, 0.1) is 0 Å². The molecule has 0 aromatic heterocycles. The standard InChI is InChI=1S/C16H35N/c1-4-5-6-7-8-9-10-11-12-13-15(2)16(3)14-17/h15-16H,4-14,17H2,1-3H3. The van der Waals surface area contributed by atoms with Gasteiger partial charge in [0.25, 0.3) is 0 Å². The fourth-order valence-corrected chi connectivity index (χ4v) is 2.29. The smallest absolute Gasteiger partial charge is 0.00490 e. The van der Waals surface area contributed by atoms with E-state index in [2.05, 4.69) is 20.8 Å². The Balaban J connectivity index is 3.13. The quantitative estimate of drug-likeness (QED) is 0.470. The summed E-state index contributed by atoms with van der Waals surface area (Å²) in [7, 11) is 0. The summed E-state index contributed by atoms with van der Waals surface area (Å²) in [6.45, 7) is 7.75. The molecular formula is C16H35N. The van der Waals surface area contributed by atoms with Gasteiger partial charge in [-0.25, -0.2) is 0 Å². The number of hydrogen-bond donors (Lipinski definition) is 1. The molecule has 0 aliphatic heterocycles. The van der Waals surface area contributed by atoms with Crippen LogP contribution in [0.3, 0.4) is 0 Å². The fourth-order valence-electron chi connectivity index (χ4n) is 2.29. The molecule has 1 nitrogen and oxygen atoms in total. The van der Waals surface area contributed by atoms with Gasteiger partial charge in [0.2, 0.25) is 0 Å². The zero-order valence-corrected chi connectivity index (χ0v) is 12.5. The van der Waals surface area contributed by atoms with Crippen molar-refractivity contribution in [1.29, 1.82) is 0 Å². The summed E-state index contributed by atoms with van der Waals surface area (Å²) < 4.78 is 0. The van der Waals surface area contributed by atoms with Gasteiger partial charge in [-0.2, -0.15) is 0 Å². The lowest BCUT2D eigenvalue weighted by Gasteiger charge is -2.17. The average molecular weight is 241 g/mol. The molecule has 0 aromatic carbocycles. The van der Waals surface area contributed by atoms with Crippen molar-refractivity contribution in [2.24, 2.45) is 17.6 Å².